The molecule has 0 heterocycles. The number of nitrogens with one attached hydrogen (secondary N) is 1. The number of amides is 1. The molecule has 1 N–H and O–H groups in total. The molecule has 0 radical (unpaired) electrons. The Morgan fingerprint density at radius 1 is 1.33 bits per heavy atom. The standard InChI is InChI=1S/C12H11F4NO/c13-10-4-3-8(5-9(10)12(14,15)16)11(18)17-6-7-1-2-7/h3-5,7H,1-2,6H2,(H,17,18). The summed E-state index contributed by atoms with van der Waals surface area (Å²) in [5.74, 6) is -1.55. The maximum atomic E-state index is 13.0. The second kappa shape index (κ2) is 4.59. The number of hydrogen-bond donors (Lipinski definition) is 1. The molecule has 2 rings (SSSR count). The Bertz CT molecular complexity index is 466. The van der Waals surface area contributed by atoms with E-state index >= 15 is 0 Å². The lowest BCUT2D eigenvalue weighted by Gasteiger charge is -2.10. The lowest BCUT2D eigenvalue weighted by atomic mass is 10.1. The highest BCUT2D eigenvalue weighted by molar-refractivity contribution is 5.94. The van der Waals surface area contributed by atoms with Crippen LogP contribution in [0.3, 0.4) is 0 Å². The minimum absolute atomic E-state index is 0.177. The van der Waals surface area contributed by atoms with Crippen molar-refractivity contribution >= 4 is 5.91 Å². The smallest absolute Gasteiger partial charge is 0.352 e. The summed E-state index contributed by atoms with van der Waals surface area (Å²) in [6.45, 7) is 0.456. The number of benzene rings is 1. The van der Waals surface area contributed by atoms with Crippen molar-refractivity contribution < 1.29 is 22.4 Å². The van der Waals surface area contributed by atoms with Crippen molar-refractivity contribution in [2.45, 2.75) is 19.0 Å². The fraction of sp³-hybridized carbons (Fsp3) is 0.417. The van der Waals surface area contributed by atoms with Crippen LogP contribution in [0.5, 0.6) is 0 Å². The highest BCUT2D eigenvalue weighted by Gasteiger charge is 2.34. The molecule has 1 aromatic carbocycles. The lowest BCUT2D eigenvalue weighted by molar-refractivity contribution is -0.140. The maximum absolute atomic E-state index is 13.0. The normalized spacial score (nSPS) is 15.6. The summed E-state index contributed by atoms with van der Waals surface area (Å²) in [4.78, 5) is 11.6. The Hall–Kier alpha value is -1.59. The first-order valence-electron chi connectivity index (χ1n) is 5.53. The lowest BCUT2D eigenvalue weighted by Crippen LogP contribution is -2.26. The van der Waals surface area contributed by atoms with Gasteiger partial charge in [-0.1, -0.05) is 0 Å². The summed E-state index contributed by atoms with van der Waals surface area (Å²) in [7, 11) is 0. The van der Waals surface area contributed by atoms with E-state index in [4.69, 9.17) is 0 Å². The zero-order chi connectivity index (χ0) is 13.3. The molecule has 0 atom stereocenters. The number of carbonyl (C=O) groups is 1. The second-order valence-corrected chi connectivity index (χ2v) is 4.35. The van der Waals surface area contributed by atoms with Crippen molar-refractivity contribution in [2.24, 2.45) is 5.92 Å². The maximum Gasteiger partial charge on any atom is 0.419 e. The van der Waals surface area contributed by atoms with Crippen molar-refractivity contribution in [3.8, 4) is 0 Å². The Labute approximate surface area is 101 Å². The van der Waals surface area contributed by atoms with Crippen molar-refractivity contribution in [3.05, 3.63) is 35.1 Å². The number of carbonyl (C=O) groups excluding carboxylic acids is 1. The zero-order valence-electron chi connectivity index (χ0n) is 9.35. The minimum Gasteiger partial charge on any atom is -0.352 e. The van der Waals surface area contributed by atoms with Gasteiger partial charge < -0.3 is 5.32 Å². The summed E-state index contributed by atoms with van der Waals surface area (Å²) in [6, 6.07) is 2.25. The number of hydrogen-bond acceptors (Lipinski definition) is 1. The van der Waals surface area contributed by atoms with E-state index in [1.165, 1.54) is 0 Å². The van der Waals surface area contributed by atoms with E-state index in [0.717, 1.165) is 18.9 Å². The summed E-state index contributed by atoms with van der Waals surface area (Å²) >= 11 is 0. The third-order valence-corrected chi connectivity index (χ3v) is 2.78. The van der Waals surface area contributed by atoms with Gasteiger partial charge in [0.1, 0.15) is 5.82 Å². The van der Waals surface area contributed by atoms with Crippen LogP contribution in [-0.2, 0) is 6.18 Å². The van der Waals surface area contributed by atoms with Crippen LogP contribution in [-0.4, -0.2) is 12.5 Å². The van der Waals surface area contributed by atoms with Crippen molar-refractivity contribution in [1.82, 2.24) is 5.32 Å². The van der Waals surface area contributed by atoms with E-state index in [1.54, 1.807) is 0 Å². The SMILES string of the molecule is O=C(NCC1CC1)c1ccc(F)c(C(F)(F)F)c1. The minimum atomic E-state index is -4.79. The van der Waals surface area contributed by atoms with Crippen LogP contribution in [0.1, 0.15) is 28.8 Å². The largest absolute Gasteiger partial charge is 0.419 e. The van der Waals surface area contributed by atoms with Gasteiger partial charge in [0.05, 0.1) is 5.56 Å². The van der Waals surface area contributed by atoms with Gasteiger partial charge in [-0.3, -0.25) is 4.79 Å². The van der Waals surface area contributed by atoms with Gasteiger partial charge in [-0.15, -0.1) is 0 Å². The monoisotopic (exact) mass is 261 g/mol. The molecule has 1 aliphatic rings. The van der Waals surface area contributed by atoms with Gasteiger partial charge >= 0.3 is 6.18 Å². The van der Waals surface area contributed by atoms with Crippen LogP contribution in [0, 0.1) is 11.7 Å². The zero-order valence-corrected chi connectivity index (χ0v) is 9.35. The summed E-state index contributed by atoms with van der Waals surface area (Å²) in [6.07, 6.45) is -2.74. The first-order valence-corrected chi connectivity index (χ1v) is 5.53. The number of rotatable bonds is 3. The van der Waals surface area contributed by atoms with Gasteiger partial charge in [0.25, 0.3) is 5.91 Å². The molecular formula is C12H11F4NO. The first-order chi connectivity index (χ1) is 8.38. The molecule has 0 saturated heterocycles. The number of alkyl halides is 3. The van der Waals surface area contributed by atoms with Gasteiger partial charge in [0.15, 0.2) is 0 Å². The van der Waals surface area contributed by atoms with E-state index in [2.05, 4.69) is 5.32 Å². The highest BCUT2D eigenvalue weighted by atomic mass is 19.4. The van der Waals surface area contributed by atoms with E-state index in [-0.39, 0.29) is 5.56 Å². The molecule has 0 aromatic heterocycles. The van der Waals surface area contributed by atoms with Crippen LogP contribution in [0.4, 0.5) is 17.6 Å². The summed E-state index contributed by atoms with van der Waals surface area (Å²) in [5, 5.41) is 2.53. The van der Waals surface area contributed by atoms with Gasteiger partial charge in [-0.25, -0.2) is 4.39 Å². The Kier molecular flexibility index (Phi) is 3.28. The molecular weight excluding hydrogens is 250 g/mol. The van der Waals surface area contributed by atoms with E-state index in [1.807, 2.05) is 0 Å². The Morgan fingerprint density at radius 3 is 2.56 bits per heavy atom. The Balaban J connectivity index is 2.14. The number of halogens is 4. The molecule has 1 fully saturated rings. The Morgan fingerprint density at radius 2 is 2.00 bits per heavy atom. The third-order valence-electron chi connectivity index (χ3n) is 2.78. The molecule has 0 aliphatic heterocycles. The second-order valence-electron chi connectivity index (χ2n) is 4.35. The third kappa shape index (κ3) is 3.00. The van der Waals surface area contributed by atoms with Crippen LogP contribution >= 0.6 is 0 Å². The van der Waals surface area contributed by atoms with Crippen molar-refractivity contribution in [2.75, 3.05) is 6.54 Å². The predicted molar refractivity (Wildman–Crippen MR) is 56.5 cm³/mol. The van der Waals surface area contributed by atoms with E-state index in [0.29, 0.717) is 24.6 Å². The molecule has 0 unspecified atom stereocenters. The van der Waals surface area contributed by atoms with Crippen molar-refractivity contribution in [3.63, 3.8) is 0 Å². The molecule has 1 saturated carbocycles. The van der Waals surface area contributed by atoms with Gasteiger partial charge in [0, 0.05) is 12.1 Å². The molecule has 1 aromatic rings. The van der Waals surface area contributed by atoms with E-state index < -0.39 is 23.5 Å². The van der Waals surface area contributed by atoms with Gasteiger partial charge in [0.2, 0.25) is 0 Å². The summed E-state index contributed by atoms with van der Waals surface area (Å²) in [5.41, 5.74) is -1.59. The average molecular weight is 261 g/mol. The molecule has 98 valence electrons. The molecule has 1 aliphatic carbocycles. The fourth-order valence-corrected chi connectivity index (χ4v) is 1.54. The van der Waals surface area contributed by atoms with E-state index in [9.17, 15) is 22.4 Å². The quantitative estimate of drug-likeness (QED) is 0.833. The highest BCUT2D eigenvalue weighted by Crippen LogP contribution is 2.32. The van der Waals surface area contributed by atoms with Crippen LogP contribution in [0.25, 0.3) is 0 Å². The van der Waals surface area contributed by atoms with Crippen LogP contribution < -0.4 is 5.32 Å². The van der Waals surface area contributed by atoms with Gasteiger partial charge in [-0.05, 0) is 37.0 Å². The van der Waals surface area contributed by atoms with Crippen LogP contribution in [0.2, 0.25) is 0 Å². The molecule has 18 heavy (non-hydrogen) atoms. The van der Waals surface area contributed by atoms with Crippen molar-refractivity contribution in [1.29, 1.82) is 0 Å². The molecule has 0 bridgehead atoms. The average Bonchev–Trinajstić information content (AvgIpc) is 3.08. The predicted octanol–water partition coefficient (Wildman–Crippen LogP) is 2.98. The summed E-state index contributed by atoms with van der Waals surface area (Å²) < 4.78 is 50.3. The van der Waals surface area contributed by atoms with Gasteiger partial charge in [-0.2, -0.15) is 13.2 Å². The van der Waals surface area contributed by atoms with Crippen LogP contribution in [0.15, 0.2) is 18.2 Å². The fourth-order valence-electron chi connectivity index (χ4n) is 1.54. The molecule has 1 amide bonds. The first kappa shape index (κ1) is 12.9. The topological polar surface area (TPSA) is 29.1 Å². The molecule has 0 spiro atoms. The molecule has 2 nitrogen and oxygen atoms in total. The molecule has 6 heteroatoms.